The van der Waals surface area contributed by atoms with Gasteiger partial charge in [0.15, 0.2) is 0 Å². The molecule has 1 atom stereocenters. The lowest BCUT2D eigenvalue weighted by Crippen LogP contribution is -2.41. The number of amides is 1. The number of nitrogens with one attached hydrogen (secondary N) is 3. The molecule has 1 aliphatic heterocycles. The molecule has 3 N–H and O–H groups in total. The van der Waals surface area contributed by atoms with Crippen LogP contribution < -0.4 is 10.6 Å². The van der Waals surface area contributed by atoms with Gasteiger partial charge in [0.25, 0.3) is 0 Å². The van der Waals surface area contributed by atoms with Crippen LogP contribution in [0.3, 0.4) is 0 Å². The zero-order valence-corrected chi connectivity index (χ0v) is 20.9. The molecule has 0 aliphatic carbocycles. The number of rotatable bonds is 8. The molecular weight excluding hydrogens is 466 g/mol. The fraction of sp³-hybridized carbons (Fsp3) is 0.276. The van der Waals surface area contributed by atoms with E-state index in [-0.39, 0.29) is 18.3 Å². The maximum Gasteiger partial charge on any atom is 0.337 e. The Labute approximate surface area is 216 Å². The van der Waals surface area contributed by atoms with E-state index in [1.807, 2.05) is 24.4 Å². The molecule has 0 saturated carbocycles. The van der Waals surface area contributed by atoms with Crippen molar-refractivity contribution in [2.75, 3.05) is 30.8 Å². The van der Waals surface area contributed by atoms with Gasteiger partial charge in [0, 0.05) is 35.9 Å². The van der Waals surface area contributed by atoms with E-state index in [9.17, 15) is 9.59 Å². The van der Waals surface area contributed by atoms with Crippen molar-refractivity contribution in [3.63, 3.8) is 0 Å². The highest BCUT2D eigenvalue weighted by Crippen LogP contribution is 2.22. The number of hydrogen-bond donors (Lipinski definition) is 3. The van der Waals surface area contributed by atoms with Gasteiger partial charge in [-0.15, -0.1) is 0 Å². The van der Waals surface area contributed by atoms with Crippen LogP contribution in [-0.4, -0.2) is 53.2 Å². The van der Waals surface area contributed by atoms with E-state index < -0.39 is 0 Å². The van der Waals surface area contributed by atoms with Crippen molar-refractivity contribution in [2.45, 2.75) is 31.8 Å². The van der Waals surface area contributed by atoms with Gasteiger partial charge in [-0.2, -0.15) is 5.10 Å². The highest BCUT2D eigenvalue weighted by Gasteiger charge is 2.20. The van der Waals surface area contributed by atoms with Gasteiger partial charge >= 0.3 is 5.97 Å². The molecule has 1 amide bonds. The maximum absolute atomic E-state index is 12.6. The molecule has 3 aromatic carbocycles. The number of esters is 1. The molecule has 0 spiro atoms. The van der Waals surface area contributed by atoms with Crippen molar-refractivity contribution < 1.29 is 14.3 Å². The number of hydrogen-bond acceptors (Lipinski definition) is 6. The number of methoxy groups -OCH3 is 1. The molecule has 1 fully saturated rings. The molecule has 1 aromatic heterocycles. The smallest absolute Gasteiger partial charge is 0.337 e. The lowest BCUT2D eigenvalue weighted by molar-refractivity contribution is -0.115. The van der Waals surface area contributed by atoms with Crippen molar-refractivity contribution in [3.8, 4) is 0 Å². The lowest BCUT2D eigenvalue weighted by atomic mass is 10.0. The average molecular weight is 498 g/mol. The molecule has 8 heteroatoms. The van der Waals surface area contributed by atoms with E-state index in [4.69, 9.17) is 4.74 Å². The summed E-state index contributed by atoms with van der Waals surface area (Å²) in [6, 6.07) is 21.6. The third kappa shape index (κ3) is 6.34. The van der Waals surface area contributed by atoms with E-state index in [0.29, 0.717) is 11.6 Å². The predicted octanol–water partition coefficient (Wildman–Crippen LogP) is 4.61. The lowest BCUT2D eigenvalue weighted by Gasteiger charge is -2.33. The standard InChI is InChI=1S/C29H31N5O3/c1-37-29(36)22-9-7-20(8-10-22)15-28(35)32-24-5-2-4-21(14-24)18-34-13-3-6-26(19-34)31-25-11-12-27-23(16-25)17-30-33-27/h2,4-5,7-12,14,16-17,26,31H,3,6,13,15,18-19H2,1H3,(H,30,33)(H,32,35). The number of benzene rings is 3. The Kier molecular flexibility index (Phi) is 7.46. The summed E-state index contributed by atoms with van der Waals surface area (Å²) in [6.07, 6.45) is 4.35. The minimum atomic E-state index is -0.389. The minimum Gasteiger partial charge on any atom is -0.465 e. The summed E-state index contributed by atoms with van der Waals surface area (Å²) >= 11 is 0. The summed E-state index contributed by atoms with van der Waals surface area (Å²) in [4.78, 5) is 26.7. The Morgan fingerprint density at radius 1 is 1.05 bits per heavy atom. The second kappa shape index (κ2) is 11.3. The number of aromatic nitrogens is 2. The Morgan fingerprint density at radius 2 is 1.92 bits per heavy atom. The number of piperidine rings is 1. The maximum atomic E-state index is 12.6. The van der Waals surface area contributed by atoms with Gasteiger partial charge in [0.2, 0.25) is 5.91 Å². The number of H-pyrrole nitrogens is 1. The van der Waals surface area contributed by atoms with E-state index >= 15 is 0 Å². The van der Waals surface area contributed by atoms with Gasteiger partial charge in [0.1, 0.15) is 0 Å². The SMILES string of the molecule is COC(=O)c1ccc(CC(=O)Nc2cccc(CN3CCCC(Nc4ccc5[nH]ncc5c4)C3)c2)cc1. The molecule has 190 valence electrons. The van der Waals surface area contributed by atoms with Gasteiger partial charge in [-0.05, 0) is 73.0 Å². The number of ether oxygens (including phenoxy) is 1. The molecule has 2 heterocycles. The molecule has 37 heavy (non-hydrogen) atoms. The zero-order valence-electron chi connectivity index (χ0n) is 20.9. The largest absolute Gasteiger partial charge is 0.465 e. The second-order valence-corrected chi connectivity index (χ2v) is 9.50. The van der Waals surface area contributed by atoms with Crippen molar-refractivity contribution in [1.82, 2.24) is 15.1 Å². The first kappa shape index (κ1) is 24.5. The Balaban J connectivity index is 1.14. The number of carbonyl (C=O) groups is 2. The average Bonchev–Trinajstić information content (AvgIpc) is 3.37. The van der Waals surface area contributed by atoms with Crippen LogP contribution in [0.25, 0.3) is 10.9 Å². The number of likely N-dealkylation sites (tertiary alicyclic amines) is 1. The van der Waals surface area contributed by atoms with Crippen molar-refractivity contribution >= 4 is 34.2 Å². The van der Waals surface area contributed by atoms with E-state index in [0.717, 1.165) is 60.3 Å². The molecule has 1 aliphatic rings. The summed E-state index contributed by atoms with van der Waals surface area (Å²) in [5.41, 5.74) is 5.41. The van der Waals surface area contributed by atoms with Gasteiger partial charge in [-0.3, -0.25) is 14.8 Å². The van der Waals surface area contributed by atoms with Crippen molar-refractivity contribution in [1.29, 1.82) is 0 Å². The van der Waals surface area contributed by atoms with Crippen LogP contribution in [0, 0.1) is 0 Å². The first-order valence-electron chi connectivity index (χ1n) is 12.5. The molecule has 0 radical (unpaired) electrons. The fourth-order valence-electron chi connectivity index (χ4n) is 4.86. The molecule has 4 aromatic rings. The summed E-state index contributed by atoms with van der Waals surface area (Å²) in [5.74, 6) is -0.487. The van der Waals surface area contributed by atoms with E-state index in [2.05, 4.69) is 50.0 Å². The molecule has 5 rings (SSSR count). The van der Waals surface area contributed by atoms with Crippen LogP contribution >= 0.6 is 0 Å². The third-order valence-electron chi connectivity index (χ3n) is 6.67. The summed E-state index contributed by atoms with van der Waals surface area (Å²) in [6.45, 7) is 2.84. The van der Waals surface area contributed by atoms with E-state index in [1.165, 1.54) is 12.7 Å². The molecular formula is C29H31N5O3. The summed E-state index contributed by atoms with van der Waals surface area (Å²) in [7, 11) is 1.35. The van der Waals surface area contributed by atoms with Gasteiger partial charge in [-0.25, -0.2) is 4.79 Å². The Hall–Kier alpha value is -4.17. The molecule has 1 unspecified atom stereocenters. The fourth-order valence-corrected chi connectivity index (χ4v) is 4.86. The number of aromatic amines is 1. The summed E-state index contributed by atoms with van der Waals surface area (Å²) < 4.78 is 4.72. The first-order valence-corrected chi connectivity index (χ1v) is 12.5. The molecule has 1 saturated heterocycles. The van der Waals surface area contributed by atoms with Crippen molar-refractivity contribution in [3.05, 3.63) is 89.6 Å². The Bertz CT molecular complexity index is 1380. The van der Waals surface area contributed by atoms with Crippen LogP contribution in [0.1, 0.15) is 34.3 Å². The quantitative estimate of drug-likeness (QED) is 0.308. The van der Waals surface area contributed by atoms with Crippen LogP contribution in [0.5, 0.6) is 0 Å². The third-order valence-corrected chi connectivity index (χ3v) is 6.67. The van der Waals surface area contributed by atoms with E-state index in [1.54, 1.807) is 24.3 Å². The van der Waals surface area contributed by atoms with Gasteiger partial charge < -0.3 is 15.4 Å². The van der Waals surface area contributed by atoms with Crippen LogP contribution in [0.2, 0.25) is 0 Å². The van der Waals surface area contributed by atoms with Crippen LogP contribution in [0.4, 0.5) is 11.4 Å². The van der Waals surface area contributed by atoms with Crippen LogP contribution in [-0.2, 0) is 22.5 Å². The second-order valence-electron chi connectivity index (χ2n) is 9.50. The van der Waals surface area contributed by atoms with Gasteiger partial charge in [0.05, 0.1) is 30.8 Å². The first-order chi connectivity index (χ1) is 18.1. The summed E-state index contributed by atoms with van der Waals surface area (Å²) in [5, 5.41) is 14.9. The molecule has 8 nitrogen and oxygen atoms in total. The number of nitrogens with zero attached hydrogens (tertiary/aromatic N) is 2. The normalized spacial score (nSPS) is 15.9. The topological polar surface area (TPSA) is 99.4 Å². The number of fused-ring (bicyclic) bond motifs is 1. The monoisotopic (exact) mass is 497 g/mol. The highest BCUT2D eigenvalue weighted by molar-refractivity contribution is 5.93. The number of carbonyl (C=O) groups excluding carboxylic acids is 2. The number of anilines is 2. The zero-order chi connectivity index (χ0) is 25.6. The highest BCUT2D eigenvalue weighted by atomic mass is 16.5. The predicted molar refractivity (Wildman–Crippen MR) is 145 cm³/mol. The van der Waals surface area contributed by atoms with Crippen molar-refractivity contribution in [2.24, 2.45) is 0 Å². The Morgan fingerprint density at radius 3 is 2.76 bits per heavy atom. The minimum absolute atomic E-state index is 0.0974. The van der Waals surface area contributed by atoms with Crippen LogP contribution in [0.15, 0.2) is 72.9 Å². The molecule has 0 bridgehead atoms. The van der Waals surface area contributed by atoms with Gasteiger partial charge in [-0.1, -0.05) is 24.3 Å².